The number of anilines is 2. The first-order valence-corrected chi connectivity index (χ1v) is 9.27. The Kier molecular flexibility index (Phi) is 5.51. The highest BCUT2D eigenvalue weighted by molar-refractivity contribution is 9.10. The van der Waals surface area contributed by atoms with Gasteiger partial charge >= 0.3 is 6.03 Å². The van der Waals surface area contributed by atoms with Gasteiger partial charge in [-0.1, -0.05) is 28.1 Å². The van der Waals surface area contributed by atoms with Crippen molar-refractivity contribution in [1.82, 2.24) is 10.6 Å². The van der Waals surface area contributed by atoms with Crippen molar-refractivity contribution in [3.8, 4) is 0 Å². The first kappa shape index (κ1) is 19.0. The van der Waals surface area contributed by atoms with E-state index in [1.165, 1.54) is 0 Å². The fraction of sp³-hybridized carbons (Fsp3) is 0.200. The lowest BCUT2D eigenvalue weighted by atomic mass is 9.94. The van der Waals surface area contributed by atoms with Crippen LogP contribution in [-0.2, 0) is 4.79 Å². The monoisotopic (exact) mass is 428 g/mol. The summed E-state index contributed by atoms with van der Waals surface area (Å²) in [6, 6.07) is 14.3. The SMILES string of the molecule is CC1=C(C(=O)Nc2ccc(Br)cc2)[C@H](c2ccc(N(C)C)cc2)NC(=O)N1. The number of hydrogen-bond donors (Lipinski definition) is 3. The molecule has 0 spiro atoms. The molecule has 7 heteroatoms. The Balaban J connectivity index is 1.91. The van der Waals surface area contributed by atoms with Crippen LogP contribution >= 0.6 is 15.9 Å². The minimum atomic E-state index is -0.523. The molecule has 2 aromatic rings. The van der Waals surface area contributed by atoms with Gasteiger partial charge in [0, 0.05) is 35.6 Å². The maximum Gasteiger partial charge on any atom is 0.319 e. The molecule has 0 saturated heterocycles. The van der Waals surface area contributed by atoms with Gasteiger partial charge in [0.1, 0.15) is 0 Å². The van der Waals surface area contributed by atoms with Crippen LogP contribution < -0.4 is 20.9 Å². The maximum atomic E-state index is 12.9. The molecule has 0 unspecified atom stereocenters. The number of nitrogens with zero attached hydrogens (tertiary/aromatic N) is 1. The third-order valence-corrected chi connectivity index (χ3v) is 4.89. The molecule has 140 valence electrons. The van der Waals surface area contributed by atoms with Crippen molar-refractivity contribution in [2.75, 3.05) is 24.3 Å². The Bertz CT molecular complexity index is 889. The van der Waals surface area contributed by atoms with Gasteiger partial charge in [-0.2, -0.15) is 0 Å². The highest BCUT2D eigenvalue weighted by Crippen LogP contribution is 2.29. The van der Waals surface area contributed by atoms with Crippen molar-refractivity contribution < 1.29 is 9.59 Å². The molecule has 1 heterocycles. The quantitative estimate of drug-likeness (QED) is 0.693. The lowest BCUT2D eigenvalue weighted by Crippen LogP contribution is -2.45. The Labute approximate surface area is 166 Å². The average Bonchev–Trinajstić information content (AvgIpc) is 2.63. The highest BCUT2D eigenvalue weighted by atomic mass is 79.9. The molecular formula is C20H21BrN4O2. The van der Waals surface area contributed by atoms with Gasteiger partial charge in [-0.15, -0.1) is 0 Å². The van der Waals surface area contributed by atoms with Crippen molar-refractivity contribution in [3.63, 3.8) is 0 Å². The molecule has 6 nitrogen and oxygen atoms in total. The third kappa shape index (κ3) is 4.31. The van der Waals surface area contributed by atoms with E-state index in [4.69, 9.17) is 0 Å². The summed E-state index contributed by atoms with van der Waals surface area (Å²) in [4.78, 5) is 26.9. The summed E-state index contributed by atoms with van der Waals surface area (Å²) in [6.07, 6.45) is 0. The van der Waals surface area contributed by atoms with Crippen molar-refractivity contribution >= 4 is 39.2 Å². The number of allylic oxidation sites excluding steroid dienone is 1. The van der Waals surface area contributed by atoms with E-state index >= 15 is 0 Å². The van der Waals surface area contributed by atoms with E-state index in [-0.39, 0.29) is 11.9 Å². The lowest BCUT2D eigenvalue weighted by Gasteiger charge is -2.29. The van der Waals surface area contributed by atoms with Gasteiger partial charge in [0.25, 0.3) is 5.91 Å². The predicted molar refractivity (Wildman–Crippen MR) is 111 cm³/mol. The largest absolute Gasteiger partial charge is 0.378 e. The highest BCUT2D eigenvalue weighted by Gasteiger charge is 2.31. The summed E-state index contributed by atoms with van der Waals surface area (Å²) in [5.41, 5.74) is 3.59. The molecular weight excluding hydrogens is 408 g/mol. The minimum Gasteiger partial charge on any atom is -0.378 e. The summed E-state index contributed by atoms with van der Waals surface area (Å²) in [7, 11) is 3.92. The molecule has 1 atom stereocenters. The molecule has 3 rings (SSSR count). The number of amides is 3. The van der Waals surface area contributed by atoms with Crippen LogP contribution in [0.2, 0.25) is 0 Å². The smallest absolute Gasteiger partial charge is 0.319 e. The average molecular weight is 429 g/mol. The first-order valence-electron chi connectivity index (χ1n) is 8.47. The topological polar surface area (TPSA) is 73.5 Å². The van der Waals surface area contributed by atoms with Crippen LogP contribution in [0.15, 0.2) is 64.3 Å². The number of hydrogen-bond acceptors (Lipinski definition) is 3. The van der Waals surface area contributed by atoms with Crippen molar-refractivity contribution in [2.24, 2.45) is 0 Å². The van der Waals surface area contributed by atoms with E-state index in [2.05, 4.69) is 31.9 Å². The zero-order valence-corrected chi connectivity index (χ0v) is 16.9. The summed E-state index contributed by atoms with van der Waals surface area (Å²) in [5, 5.41) is 8.43. The zero-order chi connectivity index (χ0) is 19.6. The molecule has 1 aliphatic heterocycles. The number of benzene rings is 2. The van der Waals surface area contributed by atoms with Crippen LogP contribution in [0.3, 0.4) is 0 Å². The Morgan fingerprint density at radius 1 is 1.07 bits per heavy atom. The van der Waals surface area contributed by atoms with Gasteiger partial charge in [0.15, 0.2) is 0 Å². The molecule has 0 fully saturated rings. The molecule has 0 bridgehead atoms. The zero-order valence-electron chi connectivity index (χ0n) is 15.3. The van der Waals surface area contributed by atoms with Crippen LogP contribution in [0, 0.1) is 0 Å². The summed E-state index contributed by atoms with van der Waals surface area (Å²) < 4.78 is 0.932. The molecule has 1 aliphatic rings. The number of carbonyl (C=O) groups is 2. The molecule has 27 heavy (non-hydrogen) atoms. The Hall–Kier alpha value is -2.80. The van der Waals surface area contributed by atoms with Gasteiger partial charge in [-0.3, -0.25) is 4.79 Å². The summed E-state index contributed by atoms with van der Waals surface area (Å²) >= 11 is 3.38. The lowest BCUT2D eigenvalue weighted by molar-refractivity contribution is -0.113. The Morgan fingerprint density at radius 2 is 1.70 bits per heavy atom. The maximum absolute atomic E-state index is 12.9. The molecule has 3 N–H and O–H groups in total. The van der Waals surface area contributed by atoms with E-state index in [9.17, 15) is 9.59 Å². The van der Waals surface area contributed by atoms with Crippen molar-refractivity contribution in [1.29, 1.82) is 0 Å². The van der Waals surface area contributed by atoms with Crippen LogP contribution in [0.4, 0.5) is 16.2 Å². The third-order valence-electron chi connectivity index (χ3n) is 4.36. The molecule has 0 aliphatic carbocycles. The number of rotatable bonds is 4. The molecule has 0 aromatic heterocycles. The van der Waals surface area contributed by atoms with E-state index in [1.807, 2.05) is 67.5 Å². The summed E-state index contributed by atoms with van der Waals surface area (Å²) in [6.45, 7) is 1.73. The fourth-order valence-electron chi connectivity index (χ4n) is 2.94. The van der Waals surface area contributed by atoms with Crippen molar-refractivity contribution in [3.05, 3.63) is 69.8 Å². The van der Waals surface area contributed by atoms with Crippen molar-refractivity contribution in [2.45, 2.75) is 13.0 Å². The van der Waals surface area contributed by atoms with E-state index in [0.717, 1.165) is 15.7 Å². The van der Waals surface area contributed by atoms with E-state index in [1.54, 1.807) is 6.92 Å². The predicted octanol–water partition coefficient (Wildman–Crippen LogP) is 3.78. The molecule has 2 aromatic carbocycles. The number of nitrogens with one attached hydrogen (secondary N) is 3. The van der Waals surface area contributed by atoms with Crippen LogP contribution in [-0.4, -0.2) is 26.0 Å². The Morgan fingerprint density at radius 3 is 2.30 bits per heavy atom. The molecule has 0 saturated carbocycles. The second kappa shape index (κ2) is 7.84. The second-order valence-electron chi connectivity index (χ2n) is 6.52. The number of urea groups is 1. The fourth-order valence-corrected chi connectivity index (χ4v) is 3.21. The summed E-state index contributed by atoms with van der Waals surface area (Å²) in [5.74, 6) is -0.260. The number of carbonyl (C=O) groups excluding carboxylic acids is 2. The van der Waals surface area contributed by atoms with Gasteiger partial charge in [0.05, 0.1) is 11.6 Å². The first-order chi connectivity index (χ1) is 12.8. The van der Waals surface area contributed by atoms with Crippen LogP contribution in [0.1, 0.15) is 18.5 Å². The number of halogens is 1. The minimum absolute atomic E-state index is 0.260. The van der Waals surface area contributed by atoms with Gasteiger partial charge < -0.3 is 20.9 Å². The molecule has 0 radical (unpaired) electrons. The van der Waals surface area contributed by atoms with Crippen LogP contribution in [0.5, 0.6) is 0 Å². The normalized spacial score (nSPS) is 16.4. The van der Waals surface area contributed by atoms with Crippen LogP contribution in [0.25, 0.3) is 0 Å². The van der Waals surface area contributed by atoms with E-state index in [0.29, 0.717) is 17.0 Å². The van der Waals surface area contributed by atoms with Gasteiger partial charge in [-0.05, 0) is 48.9 Å². The van der Waals surface area contributed by atoms with Gasteiger partial charge in [-0.25, -0.2) is 4.79 Å². The second-order valence-corrected chi connectivity index (χ2v) is 7.43. The van der Waals surface area contributed by atoms with Gasteiger partial charge in [0.2, 0.25) is 0 Å². The standard InChI is InChI=1S/C20H21BrN4O2/c1-12-17(19(26)23-15-8-6-14(21)7-9-15)18(24-20(27)22-12)13-4-10-16(11-5-13)25(2)3/h4-11,18H,1-3H3,(H,23,26)(H2,22,24,27)/t18-/m0/s1. The van der Waals surface area contributed by atoms with E-state index < -0.39 is 6.04 Å². The molecule has 3 amide bonds.